The molecule has 28 heavy (non-hydrogen) atoms. The van der Waals surface area contributed by atoms with Crippen molar-refractivity contribution in [3.8, 4) is 23.0 Å². The Bertz CT molecular complexity index is 1020. The molecule has 1 aromatic heterocycles. The molecule has 0 fully saturated rings. The van der Waals surface area contributed by atoms with Crippen LogP contribution in [0, 0.1) is 11.8 Å². The van der Waals surface area contributed by atoms with Crippen molar-refractivity contribution in [2.75, 3.05) is 18.9 Å². The zero-order valence-corrected chi connectivity index (χ0v) is 15.1. The number of nitrogens with zero attached hydrogens (tertiary/aromatic N) is 2. The number of hydrogen-bond donors (Lipinski definition) is 2. The topological polar surface area (TPSA) is 90.1 Å². The molecule has 138 valence electrons. The van der Waals surface area contributed by atoms with Crippen molar-refractivity contribution < 1.29 is 9.53 Å². The van der Waals surface area contributed by atoms with Crippen LogP contribution in [0.1, 0.15) is 22.7 Å². The van der Waals surface area contributed by atoms with Crippen LogP contribution < -0.4 is 11.1 Å². The van der Waals surface area contributed by atoms with Gasteiger partial charge in [-0.05, 0) is 28.2 Å². The van der Waals surface area contributed by atoms with E-state index in [0.717, 1.165) is 0 Å². The summed E-state index contributed by atoms with van der Waals surface area (Å²) in [4.78, 5) is 20.0. The molecule has 0 saturated carbocycles. The number of anilines is 1. The van der Waals surface area contributed by atoms with E-state index in [2.05, 4.69) is 51.4 Å². The molecular weight excluding hydrogens is 352 g/mol. The van der Waals surface area contributed by atoms with Crippen LogP contribution >= 0.6 is 0 Å². The number of aromatic nitrogens is 2. The van der Waals surface area contributed by atoms with E-state index in [0.29, 0.717) is 11.5 Å². The third kappa shape index (κ3) is 3.64. The van der Waals surface area contributed by atoms with Gasteiger partial charge in [-0.2, -0.15) is 0 Å². The number of hydrogen-bond acceptors (Lipinski definition) is 5. The predicted octanol–water partition coefficient (Wildman–Crippen LogP) is 2.95. The molecule has 2 aromatic carbocycles. The Kier molecular flexibility index (Phi) is 4.89. The molecule has 1 heterocycles. The van der Waals surface area contributed by atoms with Crippen molar-refractivity contribution in [3.63, 3.8) is 0 Å². The lowest BCUT2D eigenvalue weighted by atomic mass is 9.98. The number of carbonyl (C=O) groups is 1. The van der Waals surface area contributed by atoms with Crippen LogP contribution in [0.15, 0.2) is 60.9 Å². The van der Waals surface area contributed by atoms with E-state index in [1.807, 2.05) is 24.3 Å². The Morgan fingerprint density at radius 2 is 1.71 bits per heavy atom. The molecule has 0 aliphatic heterocycles. The normalized spacial score (nSPS) is 11.7. The smallest absolute Gasteiger partial charge is 0.407 e. The van der Waals surface area contributed by atoms with Crippen molar-refractivity contribution >= 4 is 11.9 Å². The minimum absolute atomic E-state index is 0.0364. The fourth-order valence-corrected chi connectivity index (χ4v) is 3.30. The number of amides is 1. The number of ether oxygens (including phenoxy) is 1. The molecule has 1 aliphatic rings. The van der Waals surface area contributed by atoms with Gasteiger partial charge in [0.1, 0.15) is 18.1 Å². The number of nitrogens with two attached hydrogens (primary N) is 1. The highest BCUT2D eigenvalue weighted by atomic mass is 16.5. The van der Waals surface area contributed by atoms with Gasteiger partial charge in [-0.1, -0.05) is 54.5 Å². The Balaban J connectivity index is 1.35. The fraction of sp³-hybridized carbons (Fsp3) is 0.136. The Hall–Kier alpha value is -3.85. The van der Waals surface area contributed by atoms with Gasteiger partial charge in [-0.3, -0.25) is 0 Å². The Labute approximate surface area is 162 Å². The van der Waals surface area contributed by atoms with Gasteiger partial charge in [0.15, 0.2) is 0 Å². The minimum Gasteiger partial charge on any atom is -0.449 e. The summed E-state index contributed by atoms with van der Waals surface area (Å²) in [5, 5.41) is 2.63. The number of alkyl carbamates (subject to hydrolysis) is 1. The first-order valence-corrected chi connectivity index (χ1v) is 8.87. The van der Waals surface area contributed by atoms with Gasteiger partial charge in [-0.25, -0.2) is 14.8 Å². The van der Waals surface area contributed by atoms with Crippen molar-refractivity contribution in [1.29, 1.82) is 0 Å². The van der Waals surface area contributed by atoms with Crippen molar-refractivity contribution in [2.45, 2.75) is 5.92 Å². The molecule has 1 aliphatic carbocycles. The molecule has 1 amide bonds. The first-order chi connectivity index (χ1) is 13.7. The summed E-state index contributed by atoms with van der Waals surface area (Å²) in [5.74, 6) is 5.98. The zero-order valence-electron chi connectivity index (χ0n) is 15.1. The van der Waals surface area contributed by atoms with E-state index in [-0.39, 0.29) is 19.1 Å². The van der Waals surface area contributed by atoms with E-state index >= 15 is 0 Å². The average Bonchev–Trinajstić information content (AvgIpc) is 3.05. The minimum atomic E-state index is -0.500. The van der Waals surface area contributed by atoms with E-state index in [4.69, 9.17) is 10.5 Å². The number of fused-ring (bicyclic) bond motifs is 3. The molecule has 0 saturated heterocycles. The van der Waals surface area contributed by atoms with Crippen molar-refractivity contribution in [2.24, 2.45) is 0 Å². The lowest BCUT2D eigenvalue weighted by Crippen LogP contribution is -2.26. The van der Waals surface area contributed by atoms with Crippen LogP contribution in [-0.4, -0.2) is 29.2 Å². The van der Waals surface area contributed by atoms with Gasteiger partial charge in [0, 0.05) is 5.92 Å². The first kappa shape index (κ1) is 17.6. The van der Waals surface area contributed by atoms with Gasteiger partial charge in [0.25, 0.3) is 0 Å². The second kappa shape index (κ2) is 7.80. The van der Waals surface area contributed by atoms with E-state index in [1.54, 1.807) is 0 Å². The number of nitrogens with one attached hydrogen (secondary N) is 1. The van der Waals surface area contributed by atoms with Crippen LogP contribution in [0.3, 0.4) is 0 Å². The standard InChI is InChI=1S/C22H18N4O2/c23-21-13-25-15(12-26-21)6-5-11-24-22(27)28-14-20-18-9-3-1-7-16(18)17-8-2-4-10-19(17)20/h1-4,7-10,12-13,20H,11,14H2,(H2,23,26)(H,24,27). The van der Waals surface area contributed by atoms with Crippen LogP contribution in [0.2, 0.25) is 0 Å². The summed E-state index contributed by atoms with van der Waals surface area (Å²) in [5.41, 5.74) is 10.7. The molecule has 6 heteroatoms. The van der Waals surface area contributed by atoms with Gasteiger partial charge < -0.3 is 15.8 Å². The molecule has 0 radical (unpaired) electrons. The third-order valence-corrected chi connectivity index (χ3v) is 4.55. The molecule has 4 rings (SSSR count). The Morgan fingerprint density at radius 3 is 2.36 bits per heavy atom. The summed E-state index contributed by atoms with van der Waals surface area (Å²) in [6, 6.07) is 16.4. The highest BCUT2D eigenvalue weighted by Crippen LogP contribution is 2.44. The summed E-state index contributed by atoms with van der Waals surface area (Å²) >= 11 is 0. The number of nitrogen functional groups attached to an aromatic ring is 1. The van der Waals surface area contributed by atoms with Crippen molar-refractivity contribution in [3.05, 3.63) is 77.7 Å². The zero-order chi connectivity index (χ0) is 19.3. The van der Waals surface area contributed by atoms with Crippen LogP contribution in [0.25, 0.3) is 11.1 Å². The second-order valence-electron chi connectivity index (χ2n) is 6.31. The van der Waals surface area contributed by atoms with Gasteiger partial charge in [-0.15, -0.1) is 0 Å². The molecule has 3 N–H and O–H groups in total. The highest BCUT2D eigenvalue weighted by molar-refractivity contribution is 5.79. The SMILES string of the molecule is Nc1cnc(C#CCNC(=O)OCC2c3ccccc3-c3ccccc32)cn1. The van der Waals surface area contributed by atoms with Gasteiger partial charge >= 0.3 is 6.09 Å². The van der Waals surface area contributed by atoms with Gasteiger partial charge in [0.05, 0.1) is 18.9 Å². The lowest BCUT2D eigenvalue weighted by Gasteiger charge is -2.14. The summed E-state index contributed by atoms with van der Waals surface area (Å²) in [6.45, 7) is 0.430. The lowest BCUT2D eigenvalue weighted by molar-refractivity contribution is 0.144. The van der Waals surface area contributed by atoms with E-state index in [1.165, 1.54) is 34.6 Å². The largest absolute Gasteiger partial charge is 0.449 e. The number of carbonyl (C=O) groups excluding carboxylic acids is 1. The molecule has 0 atom stereocenters. The maximum atomic E-state index is 12.0. The third-order valence-electron chi connectivity index (χ3n) is 4.55. The second-order valence-corrected chi connectivity index (χ2v) is 6.31. The van der Waals surface area contributed by atoms with Crippen LogP contribution in [0.4, 0.5) is 10.6 Å². The quantitative estimate of drug-likeness (QED) is 0.692. The van der Waals surface area contributed by atoms with E-state index < -0.39 is 6.09 Å². The fourth-order valence-electron chi connectivity index (χ4n) is 3.30. The number of benzene rings is 2. The molecule has 3 aromatic rings. The van der Waals surface area contributed by atoms with E-state index in [9.17, 15) is 4.79 Å². The number of rotatable bonds is 3. The predicted molar refractivity (Wildman–Crippen MR) is 106 cm³/mol. The summed E-state index contributed by atoms with van der Waals surface area (Å²) < 4.78 is 5.45. The molecule has 0 spiro atoms. The molecule has 0 bridgehead atoms. The summed E-state index contributed by atoms with van der Waals surface area (Å²) in [6.07, 6.45) is 2.41. The van der Waals surface area contributed by atoms with Crippen molar-refractivity contribution in [1.82, 2.24) is 15.3 Å². The highest BCUT2D eigenvalue weighted by Gasteiger charge is 2.28. The molecule has 0 unspecified atom stereocenters. The summed E-state index contributed by atoms with van der Waals surface area (Å²) in [7, 11) is 0. The Morgan fingerprint density at radius 1 is 1.04 bits per heavy atom. The van der Waals surface area contributed by atoms with Gasteiger partial charge in [0.2, 0.25) is 0 Å². The van der Waals surface area contributed by atoms with Crippen LogP contribution in [0.5, 0.6) is 0 Å². The maximum Gasteiger partial charge on any atom is 0.407 e. The molecule has 6 nitrogen and oxygen atoms in total. The molecular formula is C22H18N4O2. The monoisotopic (exact) mass is 370 g/mol. The van der Waals surface area contributed by atoms with Crippen LogP contribution in [-0.2, 0) is 4.74 Å². The first-order valence-electron chi connectivity index (χ1n) is 8.87. The average molecular weight is 370 g/mol. The maximum absolute atomic E-state index is 12.0.